The third-order valence-corrected chi connectivity index (χ3v) is 3.60. The van der Waals surface area contributed by atoms with Gasteiger partial charge in [-0.25, -0.2) is 0 Å². The van der Waals surface area contributed by atoms with Gasteiger partial charge >= 0.3 is 0 Å². The summed E-state index contributed by atoms with van der Waals surface area (Å²) in [6, 6.07) is 20.4. The Morgan fingerprint density at radius 2 is 1.67 bits per heavy atom. The molecule has 2 heteroatoms. The molecule has 0 aliphatic heterocycles. The summed E-state index contributed by atoms with van der Waals surface area (Å²) in [5.41, 5.74) is 3.15. The van der Waals surface area contributed by atoms with Crippen molar-refractivity contribution in [3.63, 3.8) is 0 Å². The Morgan fingerprint density at radius 1 is 0.905 bits per heavy atom. The number of aliphatic imine (C=N–C) groups is 1. The molecule has 0 unspecified atom stereocenters. The predicted octanol–water partition coefficient (Wildman–Crippen LogP) is 4.91. The molecule has 0 bridgehead atoms. The summed E-state index contributed by atoms with van der Waals surface area (Å²) < 4.78 is 5.48. The van der Waals surface area contributed by atoms with Gasteiger partial charge in [-0.05, 0) is 35.4 Å². The molecule has 3 aromatic rings. The number of para-hydroxylation sites is 1. The maximum atomic E-state index is 5.48. The number of aryl methyl sites for hydroxylation is 1. The van der Waals surface area contributed by atoms with Crippen molar-refractivity contribution in [3.8, 4) is 5.75 Å². The van der Waals surface area contributed by atoms with Crippen molar-refractivity contribution in [2.24, 2.45) is 4.99 Å². The van der Waals surface area contributed by atoms with Crippen LogP contribution in [0.1, 0.15) is 11.1 Å². The van der Waals surface area contributed by atoms with Crippen LogP contribution in [0, 0.1) is 6.92 Å². The number of benzene rings is 3. The predicted molar refractivity (Wildman–Crippen MR) is 88.9 cm³/mol. The molecule has 0 radical (unpaired) electrons. The number of hydrogen-bond acceptors (Lipinski definition) is 2. The van der Waals surface area contributed by atoms with Crippen LogP contribution in [0.5, 0.6) is 5.75 Å². The van der Waals surface area contributed by atoms with Gasteiger partial charge in [-0.15, -0.1) is 0 Å². The second-order valence-electron chi connectivity index (χ2n) is 4.95. The average molecular weight is 275 g/mol. The Kier molecular flexibility index (Phi) is 3.69. The maximum absolute atomic E-state index is 5.48. The zero-order valence-electron chi connectivity index (χ0n) is 12.2. The lowest BCUT2D eigenvalue weighted by molar-refractivity contribution is 0.415. The van der Waals surface area contributed by atoms with Crippen LogP contribution in [0.2, 0.25) is 0 Å². The topological polar surface area (TPSA) is 21.6 Å². The van der Waals surface area contributed by atoms with E-state index < -0.39 is 0 Å². The summed E-state index contributed by atoms with van der Waals surface area (Å²) in [5.74, 6) is 0.839. The van der Waals surface area contributed by atoms with Gasteiger partial charge in [0, 0.05) is 11.8 Å². The van der Waals surface area contributed by atoms with E-state index in [0.717, 1.165) is 28.0 Å². The number of nitrogens with zero attached hydrogens (tertiary/aromatic N) is 1. The first-order chi connectivity index (χ1) is 10.3. The van der Waals surface area contributed by atoms with Crippen molar-refractivity contribution >= 4 is 22.7 Å². The highest BCUT2D eigenvalue weighted by Crippen LogP contribution is 2.27. The first-order valence-electron chi connectivity index (χ1n) is 6.95. The molecule has 2 nitrogen and oxygen atoms in total. The summed E-state index contributed by atoms with van der Waals surface area (Å²) in [5, 5.41) is 2.33. The lowest BCUT2D eigenvalue weighted by Crippen LogP contribution is -1.92. The van der Waals surface area contributed by atoms with Crippen LogP contribution in [-0.2, 0) is 0 Å². The molecule has 0 aliphatic rings. The Bertz CT molecular complexity index is 806. The van der Waals surface area contributed by atoms with E-state index in [1.807, 2.05) is 42.6 Å². The van der Waals surface area contributed by atoms with Crippen LogP contribution in [0.25, 0.3) is 10.8 Å². The molecule has 21 heavy (non-hydrogen) atoms. The summed E-state index contributed by atoms with van der Waals surface area (Å²) in [6.45, 7) is 2.06. The maximum Gasteiger partial charge on any atom is 0.128 e. The van der Waals surface area contributed by atoms with E-state index in [-0.39, 0.29) is 0 Å². The highest BCUT2D eigenvalue weighted by atomic mass is 16.5. The summed E-state index contributed by atoms with van der Waals surface area (Å²) in [7, 11) is 1.69. The van der Waals surface area contributed by atoms with Gasteiger partial charge in [0.05, 0.1) is 12.8 Å². The Labute approximate surface area is 124 Å². The third kappa shape index (κ3) is 2.65. The molecule has 0 fully saturated rings. The van der Waals surface area contributed by atoms with Crippen molar-refractivity contribution in [1.82, 2.24) is 0 Å². The molecule has 0 spiro atoms. The van der Waals surface area contributed by atoms with Crippen LogP contribution in [-0.4, -0.2) is 13.3 Å². The molecule has 0 saturated carbocycles. The van der Waals surface area contributed by atoms with Gasteiger partial charge in [-0.2, -0.15) is 0 Å². The van der Waals surface area contributed by atoms with E-state index in [4.69, 9.17) is 4.74 Å². The molecule has 104 valence electrons. The minimum atomic E-state index is 0.839. The van der Waals surface area contributed by atoms with Gasteiger partial charge in [0.25, 0.3) is 0 Å². The van der Waals surface area contributed by atoms with Crippen LogP contribution >= 0.6 is 0 Å². The van der Waals surface area contributed by atoms with Crippen LogP contribution in [0.4, 0.5) is 5.69 Å². The molecule has 0 amide bonds. The van der Waals surface area contributed by atoms with Gasteiger partial charge in [0.15, 0.2) is 0 Å². The number of hydrogen-bond donors (Lipinski definition) is 0. The summed E-state index contributed by atoms with van der Waals surface area (Å²) in [6.07, 6.45) is 1.89. The van der Waals surface area contributed by atoms with E-state index >= 15 is 0 Å². The second-order valence-corrected chi connectivity index (χ2v) is 4.95. The van der Waals surface area contributed by atoms with E-state index in [0.29, 0.717) is 0 Å². The van der Waals surface area contributed by atoms with Gasteiger partial charge in [-0.1, -0.05) is 48.5 Å². The van der Waals surface area contributed by atoms with Crippen molar-refractivity contribution in [2.45, 2.75) is 6.92 Å². The summed E-state index contributed by atoms with van der Waals surface area (Å²) >= 11 is 0. The Morgan fingerprint density at radius 3 is 2.48 bits per heavy atom. The Balaban J connectivity index is 2.13. The molecule has 3 aromatic carbocycles. The van der Waals surface area contributed by atoms with Gasteiger partial charge in [0.1, 0.15) is 5.75 Å². The fraction of sp³-hybridized carbons (Fsp3) is 0.105. The quantitative estimate of drug-likeness (QED) is 0.622. The number of methoxy groups -OCH3 is 1. The minimum absolute atomic E-state index is 0.839. The second kappa shape index (κ2) is 5.80. The molecule has 0 N–H and O–H groups in total. The normalized spacial score (nSPS) is 11.1. The van der Waals surface area contributed by atoms with E-state index in [2.05, 4.69) is 36.2 Å². The average Bonchev–Trinajstić information content (AvgIpc) is 2.53. The minimum Gasteiger partial charge on any atom is -0.496 e. The molecule has 0 atom stereocenters. The zero-order chi connectivity index (χ0) is 14.7. The monoisotopic (exact) mass is 275 g/mol. The zero-order valence-corrected chi connectivity index (χ0v) is 12.2. The van der Waals surface area contributed by atoms with Crippen molar-refractivity contribution in [1.29, 1.82) is 0 Å². The fourth-order valence-corrected chi connectivity index (χ4v) is 2.43. The molecule has 0 aliphatic carbocycles. The fourth-order valence-electron chi connectivity index (χ4n) is 2.43. The van der Waals surface area contributed by atoms with E-state index in [1.54, 1.807) is 7.11 Å². The standard InChI is InChI=1S/C19H17NO/c1-14-7-3-6-10-18(14)20-13-17-16-9-5-4-8-15(16)11-12-19(17)21-2/h3-13H,1-2H3. The lowest BCUT2D eigenvalue weighted by Gasteiger charge is -2.08. The highest BCUT2D eigenvalue weighted by molar-refractivity contribution is 6.03. The molecule has 0 aromatic heterocycles. The van der Waals surface area contributed by atoms with Gasteiger partial charge in [0.2, 0.25) is 0 Å². The van der Waals surface area contributed by atoms with Crippen molar-refractivity contribution in [2.75, 3.05) is 7.11 Å². The largest absolute Gasteiger partial charge is 0.496 e. The van der Waals surface area contributed by atoms with Crippen LogP contribution in [0.15, 0.2) is 65.7 Å². The van der Waals surface area contributed by atoms with Crippen molar-refractivity contribution < 1.29 is 4.74 Å². The molecular formula is C19H17NO. The van der Waals surface area contributed by atoms with Crippen molar-refractivity contribution in [3.05, 3.63) is 71.8 Å². The first kappa shape index (κ1) is 13.4. The van der Waals surface area contributed by atoms with Gasteiger partial charge in [-0.3, -0.25) is 4.99 Å². The highest BCUT2D eigenvalue weighted by Gasteiger charge is 2.06. The van der Waals surface area contributed by atoms with E-state index in [1.165, 1.54) is 5.39 Å². The number of ether oxygens (including phenoxy) is 1. The Hall–Kier alpha value is -2.61. The van der Waals surface area contributed by atoms with Crippen LogP contribution in [0.3, 0.4) is 0 Å². The van der Waals surface area contributed by atoms with Gasteiger partial charge < -0.3 is 4.74 Å². The third-order valence-electron chi connectivity index (χ3n) is 3.60. The molecule has 3 rings (SSSR count). The lowest BCUT2D eigenvalue weighted by atomic mass is 10.0. The molecule has 0 heterocycles. The van der Waals surface area contributed by atoms with E-state index in [9.17, 15) is 0 Å². The molecule has 0 saturated heterocycles. The first-order valence-corrected chi connectivity index (χ1v) is 6.95. The smallest absolute Gasteiger partial charge is 0.128 e. The SMILES string of the molecule is COc1ccc2ccccc2c1C=Nc1ccccc1C. The van der Waals surface area contributed by atoms with Crippen LogP contribution < -0.4 is 4.74 Å². The number of rotatable bonds is 3. The number of fused-ring (bicyclic) bond motifs is 1. The molecular weight excluding hydrogens is 258 g/mol. The summed E-state index contributed by atoms with van der Waals surface area (Å²) in [4.78, 5) is 4.63.